The molecule has 0 aromatic carbocycles. The highest BCUT2D eigenvalue weighted by Gasteiger charge is 2.50. The number of rotatable bonds is 3. The molecule has 1 spiro atoms. The van der Waals surface area contributed by atoms with Gasteiger partial charge in [0.05, 0.1) is 17.8 Å². The molecule has 14 heteroatoms. The molecule has 1 atom stereocenters. The number of aliphatic carboxylic acids is 1. The molecular weight excluding hydrogens is 491 g/mol. The molecule has 0 bridgehead atoms. The highest BCUT2D eigenvalue weighted by Crippen LogP contribution is 2.36. The Hall–Kier alpha value is -2.00. The summed E-state index contributed by atoms with van der Waals surface area (Å²) < 4.78 is 59.4. The lowest BCUT2D eigenvalue weighted by molar-refractivity contribution is -0.192. The van der Waals surface area contributed by atoms with Crippen molar-refractivity contribution >= 4 is 50.3 Å². The van der Waals surface area contributed by atoms with Gasteiger partial charge >= 0.3 is 12.1 Å². The summed E-state index contributed by atoms with van der Waals surface area (Å²) in [5.41, 5.74) is 0.572. The molecule has 1 N–H and O–H groups in total. The number of amides is 1. The summed E-state index contributed by atoms with van der Waals surface area (Å²) in [4.78, 5) is 25.2. The number of hydrogen-bond acceptors (Lipinski definition) is 7. The second-order valence-electron chi connectivity index (χ2n) is 7.37. The van der Waals surface area contributed by atoms with Gasteiger partial charge in [0, 0.05) is 25.0 Å². The fourth-order valence-electron chi connectivity index (χ4n) is 3.61. The molecule has 1 amide bonds. The third-order valence-corrected chi connectivity index (χ3v) is 9.27. The molecule has 4 rings (SSSR count). The predicted octanol–water partition coefficient (Wildman–Crippen LogP) is 2.55. The Morgan fingerprint density at radius 3 is 2.44 bits per heavy atom. The van der Waals surface area contributed by atoms with Crippen LogP contribution >= 0.6 is 22.7 Å². The maximum atomic E-state index is 12.8. The summed E-state index contributed by atoms with van der Waals surface area (Å²) in [6, 6.07) is 5.35. The molecule has 2 fully saturated rings. The molecule has 2 aliphatic rings. The van der Waals surface area contributed by atoms with Gasteiger partial charge in [-0.05, 0) is 36.4 Å². The van der Waals surface area contributed by atoms with Gasteiger partial charge < -0.3 is 10.0 Å². The van der Waals surface area contributed by atoms with Crippen LogP contribution < -0.4 is 4.90 Å². The number of nitrogens with zero attached hydrogens (tertiary/aromatic N) is 3. The third kappa shape index (κ3) is 4.98. The Balaban J connectivity index is 0.000000360. The van der Waals surface area contributed by atoms with Crippen molar-refractivity contribution in [1.82, 2.24) is 9.21 Å². The number of thiophene rings is 2. The lowest BCUT2D eigenvalue weighted by Gasteiger charge is -2.46. The number of carbonyl (C=O) groups is 2. The quantitative estimate of drug-likeness (QED) is 0.680. The van der Waals surface area contributed by atoms with Crippen LogP contribution in [0.1, 0.15) is 6.42 Å². The number of sulfonamides is 1. The zero-order valence-electron chi connectivity index (χ0n) is 16.8. The number of carboxylic acid groups (broad SMARTS) is 1. The molecule has 2 saturated heterocycles. The lowest BCUT2D eigenvalue weighted by Crippen LogP contribution is -2.64. The summed E-state index contributed by atoms with van der Waals surface area (Å²) in [6.07, 6.45) is -4.36. The van der Waals surface area contributed by atoms with Crippen molar-refractivity contribution in [3.63, 3.8) is 0 Å². The first-order chi connectivity index (χ1) is 14.9. The number of anilines is 1. The van der Waals surface area contributed by atoms with Crippen molar-refractivity contribution in [2.24, 2.45) is 0 Å². The van der Waals surface area contributed by atoms with Gasteiger partial charge in [-0.1, -0.05) is 6.07 Å². The van der Waals surface area contributed by atoms with Crippen LogP contribution in [-0.4, -0.2) is 79.5 Å². The number of halogens is 3. The summed E-state index contributed by atoms with van der Waals surface area (Å²) in [5.74, 6) is -2.70. The minimum Gasteiger partial charge on any atom is -0.475 e. The molecule has 2 aromatic rings. The number of likely N-dealkylation sites (N-methyl/N-ethyl adjacent to an activating group) is 1. The second-order valence-corrected chi connectivity index (χ2v) is 11.3. The van der Waals surface area contributed by atoms with Gasteiger partial charge in [0.15, 0.2) is 0 Å². The molecule has 2 aromatic heterocycles. The molecule has 1 unspecified atom stereocenters. The van der Waals surface area contributed by atoms with Crippen molar-refractivity contribution in [3.05, 3.63) is 34.3 Å². The van der Waals surface area contributed by atoms with Crippen LogP contribution in [0.2, 0.25) is 0 Å². The summed E-state index contributed by atoms with van der Waals surface area (Å²) in [5, 5.41) is 12.8. The van der Waals surface area contributed by atoms with Gasteiger partial charge in [-0.2, -0.15) is 28.8 Å². The van der Waals surface area contributed by atoms with Gasteiger partial charge in [-0.25, -0.2) is 13.2 Å². The average molecular weight is 512 g/mol. The number of carbonyl (C=O) groups excluding carboxylic acids is 1. The Morgan fingerprint density at radius 1 is 1.22 bits per heavy atom. The van der Waals surface area contributed by atoms with Crippen LogP contribution in [0.25, 0.3) is 0 Å². The van der Waals surface area contributed by atoms with E-state index in [4.69, 9.17) is 9.90 Å². The van der Waals surface area contributed by atoms with Crippen molar-refractivity contribution in [1.29, 1.82) is 0 Å². The standard InChI is InChI=1S/C16H19N3O3S3.C2HF3O2/c1-17-9-14(20)19(13-4-8-23-10-13)12-16(17)5-6-18(11-16)25(21,22)15-3-2-7-24-15;3-2(4,5)1(6)7/h2-4,7-8,10H,5-6,9,11-12H2,1H3;(H,6,7). The fraction of sp³-hybridized carbons (Fsp3) is 0.444. The SMILES string of the molecule is CN1CC(=O)N(c2ccsc2)CC12CCN(S(=O)(=O)c1cccs1)C2.O=C(O)C(F)(F)F. The van der Waals surface area contributed by atoms with Crippen LogP contribution in [0, 0.1) is 0 Å². The third-order valence-electron chi connectivity index (χ3n) is 5.38. The normalized spacial score (nSPS) is 22.8. The van der Waals surface area contributed by atoms with Crippen LogP contribution in [0.3, 0.4) is 0 Å². The van der Waals surface area contributed by atoms with E-state index in [1.165, 1.54) is 11.3 Å². The summed E-state index contributed by atoms with van der Waals surface area (Å²) >= 11 is 2.80. The van der Waals surface area contributed by atoms with E-state index < -0.39 is 22.2 Å². The molecule has 32 heavy (non-hydrogen) atoms. The van der Waals surface area contributed by atoms with Crippen molar-refractivity contribution in [2.75, 3.05) is 38.1 Å². The number of hydrogen-bond donors (Lipinski definition) is 1. The van der Waals surface area contributed by atoms with Gasteiger partial charge in [-0.15, -0.1) is 11.3 Å². The topological polar surface area (TPSA) is 98.2 Å². The molecule has 0 radical (unpaired) electrons. The first-order valence-corrected chi connectivity index (χ1v) is 12.5. The molecule has 4 heterocycles. The number of piperazine rings is 1. The maximum Gasteiger partial charge on any atom is 0.490 e. The molecule has 176 valence electrons. The van der Waals surface area contributed by atoms with Crippen LogP contribution in [0.5, 0.6) is 0 Å². The van der Waals surface area contributed by atoms with Gasteiger partial charge in [0.1, 0.15) is 4.21 Å². The Morgan fingerprint density at radius 2 is 1.91 bits per heavy atom. The van der Waals surface area contributed by atoms with Crippen LogP contribution in [0.4, 0.5) is 18.9 Å². The zero-order valence-corrected chi connectivity index (χ0v) is 19.2. The number of alkyl halides is 3. The largest absolute Gasteiger partial charge is 0.490 e. The van der Waals surface area contributed by atoms with E-state index in [0.717, 1.165) is 12.1 Å². The number of carboxylic acids is 1. The van der Waals surface area contributed by atoms with Gasteiger partial charge in [-0.3, -0.25) is 9.69 Å². The van der Waals surface area contributed by atoms with Crippen molar-refractivity contribution < 1.29 is 36.3 Å². The molecular formula is C18H20F3N3O5S3. The highest BCUT2D eigenvalue weighted by atomic mass is 32.2. The van der Waals surface area contributed by atoms with Crippen LogP contribution in [0.15, 0.2) is 38.5 Å². The minimum atomic E-state index is -5.08. The van der Waals surface area contributed by atoms with E-state index in [0.29, 0.717) is 30.4 Å². The summed E-state index contributed by atoms with van der Waals surface area (Å²) in [6.45, 7) is 1.73. The second kappa shape index (κ2) is 9.09. The van der Waals surface area contributed by atoms with Crippen molar-refractivity contribution in [2.45, 2.75) is 22.3 Å². The van der Waals surface area contributed by atoms with E-state index in [-0.39, 0.29) is 11.4 Å². The summed E-state index contributed by atoms with van der Waals surface area (Å²) in [7, 11) is -1.53. The molecule has 8 nitrogen and oxygen atoms in total. The van der Waals surface area contributed by atoms with Crippen molar-refractivity contribution in [3.8, 4) is 0 Å². The molecule has 0 saturated carbocycles. The molecule has 2 aliphatic heterocycles. The minimum absolute atomic E-state index is 0.0612. The van der Waals surface area contributed by atoms with E-state index in [1.807, 2.05) is 28.8 Å². The average Bonchev–Trinajstić information content (AvgIpc) is 3.47. The first kappa shape index (κ1) is 24.6. The van der Waals surface area contributed by atoms with E-state index in [9.17, 15) is 26.4 Å². The van der Waals surface area contributed by atoms with E-state index >= 15 is 0 Å². The van der Waals surface area contributed by atoms with E-state index in [2.05, 4.69) is 0 Å². The first-order valence-electron chi connectivity index (χ1n) is 9.24. The predicted molar refractivity (Wildman–Crippen MR) is 113 cm³/mol. The smallest absolute Gasteiger partial charge is 0.475 e. The highest BCUT2D eigenvalue weighted by molar-refractivity contribution is 7.91. The van der Waals surface area contributed by atoms with Gasteiger partial charge in [0.25, 0.3) is 10.0 Å². The van der Waals surface area contributed by atoms with Gasteiger partial charge in [0.2, 0.25) is 5.91 Å². The fourth-order valence-corrected chi connectivity index (χ4v) is 6.91. The Kier molecular flexibility index (Phi) is 7.00. The Bertz CT molecular complexity index is 1060. The monoisotopic (exact) mass is 511 g/mol. The lowest BCUT2D eigenvalue weighted by atomic mass is 9.93. The maximum absolute atomic E-state index is 12.8. The zero-order chi connectivity index (χ0) is 23.7. The Labute approximate surface area is 190 Å². The van der Waals surface area contributed by atoms with Crippen LogP contribution in [-0.2, 0) is 19.6 Å². The van der Waals surface area contributed by atoms with E-state index in [1.54, 1.807) is 38.1 Å². The molecule has 0 aliphatic carbocycles.